The van der Waals surface area contributed by atoms with Crippen LogP contribution in [-0.2, 0) is 4.79 Å². The molecule has 1 fully saturated rings. The van der Waals surface area contributed by atoms with Gasteiger partial charge < -0.3 is 15.5 Å². The Kier molecular flexibility index (Phi) is 3.00. The molecule has 6 heteroatoms. The van der Waals surface area contributed by atoms with Crippen LogP contribution in [0.2, 0.25) is 0 Å². The molecule has 0 saturated carbocycles. The Morgan fingerprint density at radius 3 is 2.88 bits per heavy atom. The minimum atomic E-state index is 0.108. The lowest BCUT2D eigenvalue weighted by atomic mass is 10.3. The Balaban J connectivity index is 2.22. The first-order valence-electron chi connectivity index (χ1n) is 4.98. The van der Waals surface area contributed by atoms with E-state index in [0.29, 0.717) is 12.2 Å². The van der Waals surface area contributed by atoms with Gasteiger partial charge in [-0.1, -0.05) is 0 Å². The molecular formula is C10H13BrN4O. The maximum atomic E-state index is 11.6. The van der Waals surface area contributed by atoms with Crippen molar-refractivity contribution >= 4 is 33.3 Å². The number of nitrogens with zero attached hydrogens (tertiary/aromatic N) is 3. The summed E-state index contributed by atoms with van der Waals surface area (Å²) in [5.41, 5.74) is 6.23. The largest absolute Gasteiger partial charge is 0.397 e. The number of hydrogen-bond acceptors (Lipinski definition) is 4. The van der Waals surface area contributed by atoms with E-state index in [-0.39, 0.29) is 5.91 Å². The Labute approximate surface area is 102 Å². The number of aromatic nitrogens is 1. The second-order valence-corrected chi connectivity index (χ2v) is 4.67. The molecule has 2 rings (SSSR count). The summed E-state index contributed by atoms with van der Waals surface area (Å²) in [5.74, 6) is 0.882. The average Bonchev–Trinajstić information content (AvgIpc) is 2.22. The van der Waals surface area contributed by atoms with E-state index in [9.17, 15) is 4.79 Å². The number of likely N-dealkylation sites (N-methyl/N-ethyl adjacent to an activating group) is 1. The molecule has 1 aliphatic heterocycles. The van der Waals surface area contributed by atoms with Crippen LogP contribution >= 0.6 is 15.9 Å². The van der Waals surface area contributed by atoms with E-state index in [1.54, 1.807) is 17.2 Å². The van der Waals surface area contributed by atoms with Crippen LogP contribution in [0.5, 0.6) is 0 Å². The molecule has 0 aromatic carbocycles. The van der Waals surface area contributed by atoms with Gasteiger partial charge in [0.15, 0.2) is 0 Å². The molecule has 0 bridgehead atoms. The molecule has 16 heavy (non-hydrogen) atoms. The lowest BCUT2D eigenvalue weighted by Crippen LogP contribution is -2.48. The van der Waals surface area contributed by atoms with Crippen molar-refractivity contribution in [3.8, 4) is 0 Å². The first kappa shape index (κ1) is 11.2. The number of carbonyl (C=O) groups excluding carboxylic acids is 1. The summed E-state index contributed by atoms with van der Waals surface area (Å²) in [6.07, 6.45) is 1.60. The zero-order chi connectivity index (χ0) is 11.7. The first-order valence-corrected chi connectivity index (χ1v) is 5.77. The summed E-state index contributed by atoms with van der Waals surface area (Å²) in [6, 6.07) is 1.80. The molecule has 1 aromatic heterocycles. The van der Waals surface area contributed by atoms with Gasteiger partial charge in [-0.25, -0.2) is 4.98 Å². The standard InChI is InChI=1S/C10H13BrN4O/c1-14-2-3-15(6-9(14)16)10-8(11)4-7(12)5-13-10/h4-5H,2-3,6,12H2,1H3. The highest BCUT2D eigenvalue weighted by Gasteiger charge is 2.23. The van der Waals surface area contributed by atoms with Crippen LogP contribution in [0.4, 0.5) is 11.5 Å². The van der Waals surface area contributed by atoms with Crippen LogP contribution in [0.1, 0.15) is 0 Å². The third kappa shape index (κ3) is 2.11. The molecule has 1 saturated heterocycles. The Bertz CT molecular complexity index is 423. The van der Waals surface area contributed by atoms with Crippen molar-refractivity contribution in [1.29, 1.82) is 0 Å². The molecule has 1 amide bonds. The molecule has 0 aliphatic carbocycles. The van der Waals surface area contributed by atoms with E-state index in [1.807, 2.05) is 11.9 Å². The molecule has 2 N–H and O–H groups in total. The Hall–Kier alpha value is -1.30. The number of anilines is 2. The van der Waals surface area contributed by atoms with Crippen molar-refractivity contribution in [1.82, 2.24) is 9.88 Å². The summed E-state index contributed by atoms with van der Waals surface area (Å²) in [6.45, 7) is 1.88. The maximum Gasteiger partial charge on any atom is 0.241 e. The summed E-state index contributed by atoms with van der Waals surface area (Å²) >= 11 is 3.41. The average molecular weight is 285 g/mol. The molecule has 1 aliphatic rings. The molecule has 0 radical (unpaired) electrons. The van der Waals surface area contributed by atoms with Gasteiger partial charge in [0.05, 0.1) is 22.9 Å². The van der Waals surface area contributed by atoms with Crippen LogP contribution in [-0.4, -0.2) is 42.5 Å². The van der Waals surface area contributed by atoms with E-state index in [0.717, 1.165) is 23.4 Å². The van der Waals surface area contributed by atoms with Crippen molar-refractivity contribution in [3.05, 3.63) is 16.7 Å². The third-order valence-corrected chi connectivity index (χ3v) is 3.18. The zero-order valence-corrected chi connectivity index (χ0v) is 10.6. The fraction of sp³-hybridized carbons (Fsp3) is 0.400. The minimum absolute atomic E-state index is 0.108. The Morgan fingerprint density at radius 1 is 1.50 bits per heavy atom. The zero-order valence-electron chi connectivity index (χ0n) is 8.98. The molecular weight excluding hydrogens is 272 g/mol. The van der Waals surface area contributed by atoms with E-state index in [2.05, 4.69) is 20.9 Å². The van der Waals surface area contributed by atoms with Gasteiger partial charge in [-0.05, 0) is 22.0 Å². The fourth-order valence-electron chi connectivity index (χ4n) is 1.62. The molecule has 86 valence electrons. The number of hydrogen-bond donors (Lipinski definition) is 1. The van der Waals surface area contributed by atoms with Gasteiger partial charge >= 0.3 is 0 Å². The monoisotopic (exact) mass is 284 g/mol. The van der Waals surface area contributed by atoms with Crippen LogP contribution in [0, 0.1) is 0 Å². The molecule has 2 heterocycles. The maximum absolute atomic E-state index is 11.6. The lowest BCUT2D eigenvalue weighted by molar-refractivity contribution is -0.129. The molecule has 0 spiro atoms. The van der Waals surface area contributed by atoms with E-state index >= 15 is 0 Å². The smallest absolute Gasteiger partial charge is 0.241 e. The van der Waals surface area contributed by atoms with Gasteiger partial charge in [-0.3, -0.25) is 4.79 Å². The van der Waals surface area contributed by atoms with Crippen LogP contribution < -0.4 is 10.6 Å². The molecule has 0 atom stereocenters. The number of piperazine rings is 1. The Morgan fingerprint density at radius 2 is 2.25 bits per heavy atom. The first-order chi connectivity index (χ1) is 7.58. The predicted molar refractivity (Wildman–Crippen MR) is 66.2 cm³/mol. The third-order valence-electron chi connectivity index (χ3n) is 2.60. The van der Waals surface area contributed by atoms with Gasteiger partial charge in [0.25, 0.3) is 0 Å². The summed E-state index contributed by atoms with van der Waals surface area (Å²) in [4.78, 5) is 19.5. The highest BCUT2D eigenvalue weighted by atomic mass is 79.9. The predicted octanol–water partition coefficient (Wildman–Crippen LogP) is 0.705. The molecule has 5 nitrogen and oxygen atoms in total. The van der Waals surface area contributed by atoms with Gasteiger partial charge in [0.1, 0.15) is 5.82 Å². The summed E-state index contributed by atoms with van der Waals surface area (Å²) < 4.78 is 0.824. The van der Waals surface area contributed by atoms with Crippen molar-refractivity contribution in [2.75, 3.05) is 37.3 Å². The van der Waals surface area contributed by atoms with Gasteiger partial charge in [-0.15, -0.1) is 0 Å². The molecule has 0 unspecified atom stereocenters. The summed E-state index contributed by atoms with van der Waals surface area (Å²) in [7, 11) is 1.81. The van der Waals surface area contributed by atoms with Crippen LogP contribution in [0.25, 0.3) is 0 Å². The van der Waals surface area contributed by atoms with Gasteiger partial charge in [0, 0.05) is 20.1 Å². The highest BCUT2D eigenvalue weighted by molar-refractivity contribution is 9.10. The molecule has 1 aromatic rings. The normalized spacial score (nSPS) is 16.8. The van der Waals surface area contributed by atoms with Gasteiger partial charge in [0.2, 0.25) is 5.91 Å². The van der Waals surface area contributed by atoms with Crippen molar-refractivity contribution < 1.29 is 4.79 Å². The van der Waals surface area contributed by atoms with E-state index < -0.39 is 0 Å². The minimum Gasteiger partial charge on any atom is -0.397 e. The van der Waals surface area contributed by atoms with Gasteiger partial charge in [-0.2, -0.15) is 0 Å². The lowest BCUT2D eigenvalue weighted by Gasteiger charge is -2.33. The van der Waals surface area contributed by atoms with Crippen molar-refractivity contribution in [2.24, 2.45) is 0 Å². The van der Waals surface area contributed by atoms with Crippen molar-refractivity contribution in [2.45, 2.75) is 0 Å². The number of rotatable bonds is 1. The summed E-state index contributed by atoms with van der Waals surface area (Å²) in [5, 5.41) is 0. The number of nitrogens with two attached hydrogens (primary N) is 1. The topological polar surface area (TPSA) is 62.5 Å². The van der Waals surface area contributed by atoms with E-state index in [4.69, 9.17) is 5.73 Å². The fourth-order valence-corrected chi connectivity index (χ4v) is 2.23. The highest BCUT2D eigenvalue weighted by Crippen LogP contribution is 2.26. The number of nitrogen functional groups attached to an aromatic ring is 1. The van der Waals surface area contributed by atoms with Crippen molar-refractivity contribution in [3.63, 3.8) is 0 Å². The SMILES string of the molecule is CN1CCN(c2ncc(N)cc2Br)CC1=O. The number of pyridine rings is 1. The van der Waals surface area contributed by atoms with Crippen LogP contribution in [0.3, 0.4) is 0 Å². The van der Waals surface area contributed by atoms with Crippen LogP contribution in [0.15, 0.2) is 16.7 Å². The number of amides is 1. The second-order valence-electron chi connectivity index (χ2n) is 3.81. The second kappa shape index (κ2) is 4.29. The van der Waals surface area contributed by atoms with E-state index in [1.165, 1.54) is 0 Å². The number of carbonyl (C=O) groups is 1. The number of halogens is 1. The quantitative estimate of drug-likeness (QED) is 0.825.